The molecule has 0 unspecified atom stereocenters. The fraction of sp³-hybridized carbons (Fsp3) is 0.475. The Balaban J connectivity index is -0.0000000992. The first-order valence-corrected chi connectivity index (χ1v) is 17.0. The number of ether oxygens (including phenoxy) is 1. The molecule has 3 aromatic carbocycles. The van der Waals surface area contributed by atoms with Crippen molar-refractivity contribution in [2.75, 3.05) is 0 Å². The molecule has 0 amide bonds. The molecule has 45 heavy (non-hydrogen) atoms. The Hall–Kier alpha value is -2.95. The number of rotatable bonds is 4. The molecule has 5 heteroatoms. The van der Waals surface area contributed by atoms with E-state index in [-0.39, 0.29) is 32.0 Å². The molecule has 4 aromatic rings. The van der Waals surface area contributed by atoms with Gasteiger partial charge in [-0.25, -0.2) is 4.98 Å². The number of nitrogens with zero attached hydrogens (tertiary/aromatic N) is 3. The summed E-state index contributed by atoms with van der Waals surface area (Å²) in [7, 11) is 0. The first-order chi connectivity index (χ1) is 21.4. The molecule has 0 aliphatic heterocycles. The summed E-state index contributed by atoms with van der Waals surface area (Å²) in [6.45, 7) is 36.0. The normalized spacial score (nSPS) is 6.98. The summed E-state index contributed by atoms with van der Waals surface area (Å²) in [5.74, 6) is 1.85. The van der Waals surface area contributed by atoms with Gasteiger partial charge in [0.25, 0.3) is 0 Å². The van der Waals surface area contributed by atoms with Crippen LogP contribution in [0, 0.1) is 0 Å². The molecule has 4 nitrogen and oxygen atoms in total. The van der Waals surface area contributed by atoms with E-state index in [0.717, 1.165) is 11.1 Å². The Kier molecular flexibility index (Phi) is 77.1. The van der Waals surface area contributed by atoms with Gasteiger partial charge >= 0.3 is 6.01 Å². The minimum absolute atomic E-state index is 0. The molecule has 0 saturated heterocycles. The van der Waals surface area contributed by atoms with Crippen LogP contribution in [0.5, 0.6) is 11.8 Å². The van der Waals surface area contributed by atoms with Crippen LogP contribution in [0.25, 0.3) is 22.8 Å². The first kappa shape index (κ1) is 61.1. The molecular weight excluding hydrogens is 589 g/mol. The molecule has 4 rings (SSSR count). The molecule has 1 radical (unpaired) electrons. The van der Waals surface area contributed by atoms with Crippen molar-refractivity contribution in [2.45, 2.75) is 132 Å². The van der Waals surface area contributed by atoms with Gasteiger partial charge in [0.2, 0.25) is 0 Å². The third-order valence-electron chi connectivity index (χ3n) is 3.63. The largest absolute Gasteiger partial charge is 0.424 e. The molecule has 0 saturated carbocycles. The molecule has 0 fully saturated rings. The van der Waals surface area contributed by atoms with Crippen molar-refractivity contribution in [2.24, 2.45) is 0 Å². The van der Waals surface area contributed by atoms with Crippen molar-refractivity contribution >= 4 is 0 Å². The van der Waals surface area contributed by atoms with E-state index in [4.69, 9.17) is 4.74 Å². The van der Waals surface area contributed by atoms with Crippen molar-refractivity contribution < 1.29 is 23.3 Å². The maximum absolute atomic E-state index is 5.84. The zero-order valence-electron chi connectivity index (χ0n) is 31.9. The van der Waals surface area contributed by atoms with E-state index in [1.807, 2.05) is 216 Å². The predicted molar refractivity (Wildman–Crippen MR) is 206 cm³/mol. The van der Waals surface area contributed by atoms with Crippen molar-refractivity contribution in [3.63, 3.8) is 0 Å². The van der Waals surface area contributed by atoms with Crippen LogP contribution in [0.3, 0.4) is 0 Å². The topological polar surface area (TPSA) is 47.9 Å². The van der Waals surface area contributed by atoms with Gasteiger partial charge in [0.1, 0.15) is 5.75 Å². The van der Waals surface area contributed by atoms with Crippen LogP contribution in [-0.2, 0) is 18.6 Å². The van der Waals surface area contributed by atoms with Gasteiger partial charge in [0.15, 0.2) is 11.6 Å². The fourth-order valence-corrected chi connectivity index (χ4v) is 2.43. The zero-order chi connectivity index (χ0) is 34.9. The van der Waals surface area contributed by atoms with Gasteiger partial charge < -0.3 is 4.74 Å². The SMILES string of the molecule is C.CC.CC.CC.CC.CC.CC.CC.CC.CC.[V].c1ccc(Oc2nc(-c3ccccc3)nc(-c3ccccc3)n2)cc1. The number of benzene rings is 3. The van der Waals surface area contributed by atoms with Gasteiger partial charge in [-0.2, -0.15) is 9.97 Å². The van der Waals surface area contributed by atoms with Crippen molar-refractivity contribution in [1.82, 2.24) is 15.0 Å². The predicted octanol–water partition coefficient (Wildman–Crippen LogP) is 14.9. The summed E-state index contributed by atoms with van der Waals surface area (Å²) in [6.07, 6.45) is 0. The van der Waals surface area contributed by atoms with Crippen LogP contribution >= 0.6 is 0 Å². The minimum Gasteiger partial charge on any atom is -0.424 e. The quantitative estimate of drug-likeness (QED) is 0.218. The monoisotopic (exact) mass is 663 g/mol. The molecule has 0 aliphatic carbocycles. The van der Waals surface area contributed by atoms with Gasteiger partial charge in [0, 0.05) is 29.7 Å². The van der Waals surface area contributed by atoms with Gasteiger partial charge in [-0.1, -0.05) is 211 Å². The summed E-state index contributed by atoms with van der Waals surface area (Å²) < 4.78 is 5.84. The third kappa shape index (κ3) is 30.8. The number of para-hydroxylation sites is 1. The molecule has 0 bridgehead atoms. The van der Waals surface area contributed by atoms with E-state index < -0.39 is 0 Å². The van der Waals surface area contributed by atoms with E-state index in [1.165, 1.54) is 0 Å². The Morgan fingerprint density at radius 1 is 0.356 bits per heavy atom. The second-order valence-corrected chi connectivity index (χ2v) is 5.41. The average Bonchev–Trinajstić information content (AvgIpc) is 3.17. The van der Waals surface area contributed by atoms with Crippen molar-refractivity contribution in [1.29, 1.82) is 0 Å². The summed E-state index contributed by atoms with van der Waals surface area (Å²) in [4.78, 5) is 13.6. The van der Waals surface area contributed by atoms with E-state index in [9.17, 15) is 0 Å². The fourth-order valence-electron chi connectivity index (χ4n) is 2.43. The summed E-state index contributed by atoms with van der Waals surface area (Å²) in [5, 5.41) is 0. The Morgan fingerprint density at radius 3 is 0.867 bits per heavy atom. The number of aromatic nitrogens is 3. The summed E-state index contributed by atoms with van der Waals surface area (Å²) in [6, 6.07) is 29.4. The molecular formula is C40H73N3OV. The number of hydrogen-bond donors (Lipinski definition) is 0. The summed E-state index contributed by atoms with van der Waals surface area (Å²) >= 11 is 0. The van der Waals surface area contributed by atoms with Gasteiger partial charge in [-0.15, -0.1) is 0 Å². The smallest absolute Gasteiger partial charge is 0.326 e. The van der Waals surface area contributed by atoms with Crippen LogP contribution in [0.15, 0.2) is 91.0 Å². The second-order valence-electron chi connectivity index (χ2n) is 5.41. The number of hydrogen-bond acceptors (Lipinski definition) is 4. The van der Waals surface area contributed by atoms with Crippen LogP contribution < -0.4 is 4.74 Å². The van der Waals surface area contributed by atoms with E-state index >= 15 is 0 Å². The van der Waals surface area contributed by atoms with Crippen LogP contribution in [0.2, 0.25) is 0 Å². The maximum Gasteiger partial charge on any atom is 0.326 e. The molecule has 1 aromatic heterocycles. The molecule has 0 atom stereocenters. The van der Waals surface area contributed by atoms with E-state index in [0.29, 0.717) is 17.4 Å². The van der Waals surface area contributed by atoms with E-state index in [1.54, 1.807) is 0 Å². The minimum atomic E-state index is 0. The van der Waals surface area contributed by atoms with Crippen LogP contribution in [-0.4, -0.2) is 15.0 Å². The average molecular weight is 663 g/mol. The first-order valence-electron chi connectivity index (χ1n) is 17.0. The zero-order valence-corrected chi connectivity index (χ0v) is 33.3. The van der Waals surface area contributed by atoms with E-state index in [2.05, 4.69) is 15.0 Å². The molecule has 0 spiro atoms. The molecule has 259 valence electrons. The van der Waals surface area contributed by atoms with Gasteiger partial charge in [0.05, 0.1) is 0 Å². The van der Waals surface area contributed by atoms with Crippen molar-refractivity contribution in [3.05, 3.63) is 91.0 Å². The molecule has 0 aliphatic rings. The van der Waals surface area contributed by atoms with Crippen LogP contribution in [0.4, 0.5) is 0 Å². The third-order valence-corrected chi connectivity index (χ3v) is 3.63. The second kappa shape index (κ2) is 56.8. The Bertz CT molecular complexity index is 911. The van der Waals surface area contributed by atoms with Crippen LogP contribution in [0.1, 0.15) is 132 Å². The Labute approximate surface area is 294 Å². The van der Waals surface area contributed by atoms with Gasteiger partial charge in [-0.3, -0.25) is 0 Å². The Morgan fingerprint density at radius 2 is 0.600 bits per heavy atom. The molecule has 1 heterocycles. The van der Waals surface area contributed by atoms with Crippen molar-refractivity contribution in [3.8, 4) is 34.5 Å². The standard InChI is InChI=1S/C21H15N3O.9C2H6.CH4.V/c1-4-10-16(11-5-1)19-22-20(17-12-6-2-7-13-17)24-21(23-19)25-18-14-8-3-9-15-18;9*1-2;;/h1-15H;9*1-2H3;1H4;. The molecule has 0 N–H and O–H groups in total. The maximum atomic E-state index is 5.84. The summed E-state index contributed by atoms with van der Waals surface area (Å²) in [5.41, 5.74) is 1.83. The van der Waals surface area contributed by atoms with Gasteiger partial charge in [-0.05, 0) is 12.1 Å².